The summed E-state index contributed by atoms with van der Waals surface area (Å²) in [5.74, 6) is 0.409. The molecule has 1 N–H and O–H groups in total. The standard InChI is InChI=1S/C21H26N2O2/c1-16(2)23(18-7-4-3-5-8-18)21(25)15-22-14-6-9-20(22)17-10-12-19(24)13-11-17/h3-5,7-8,10-13,16,20,24H,6,9,14-15H2,1-2H3. The average molecular weight is 338 g/mol. The second kappa shape index (κ2) is 7.70. The third kappa shape index (κ3) is 4.02. The van der Waals surface area contributed by atoms with E-state index in [-0.39, 0.29) is 23.7 Å². The lowest BCUT2D eigenvalue weighted by Crippen LogP contribution is -2.43. The maximum atomic E-state index is 13.0. The van der Waals surface area contributed by atoms with Gasteiger partial charge < -0.3 is 10.0 Å². The lowest BCUT2D eigenvalue weighted by Gasteiger charge is -2.31. The van der Waals surface area contributed by atoms with E-state index in [1.54, 1.807) is 12.1 Å². The number of phenolic OH excluding ortho intramolecular Hbond substituents is 1. The molecule has 132 valence electrons. The summed E-state index contributed by atoms with van der Waals surface area (Å²) in [6.45, 7) is 5.44. The smallest absolute Gasteiger partial charge is 0.241 e. The first-order valence-corrected chi connectivity index (χ1v) is 8.96. The van der Waals surface area contributed by atoms with Crippen molar-refractivity contribution in [1.29, 1.82) is 0 Å². The van der Waals surface area contributed by atoms with E-state index in [9.17, 15) is 9.90 Å². The molecule has 2 aromatic rings. The molecule has 1 fully saturated rings. The molecular weight excluding hydrogens is 312 g/mol. The molecule has 0 saturated carbocycles. The number of aromatic hydroxyl groups is 1. The molecule has 0 radical (unpaired) electrons. The Morgan fingerprint density at radius 1 is 1.16 bits per heavy atom. The minimum Gasteiger partial charge on any atom is -0.508 e. The summed E-state index contributed by atoms with van der Waals surface area (Å²) in [5, 5.41) is 9.50. The van der Waals surface area contributed by atoms with Gasteiger partial charge in [0.15, 0.2) is 0 Å². The number of carbonyl (C=O) groups is 1. The molecule has 4 nitrogen and oxygen atoms in total. The topological polar surface area (TPSA) is 43.8 Å². The van der Waals surface area contributed by atoms with Crippen molar-refractivity contribution in [3.05, 3.63) is 60.2 Å². The number of para-hydroxylation sites is 1. The SMILES string of the molecule is CC(C)N(C(=O)CN1CCCC1c1ccc(O)cc1)c1ccccc1. The van der Waals surface area contributed by atoms with Crippen LogP contribution in [-0.4, -0.2) is 35.0 Å². The van der Waals surface area contributed by atoms with E-state index in [1.807, 2.05) is 61.2 Å². The van der Waals surface area contributed by atoms with Gasteiger partial charge in [-0.2, -0.15) is 0 Å². The molecule has 25 heavy (non-hydrogen) atoms. The first-order valence-electron chi connectivity index (χ1n) is 8.96. The molecular formula is C21H26N2O2. The van der Waals surface area contributed by atoms with Crippen molar-refractivity contribution >= 4 is 11.6 Å². The fraction of sp³-hybridized carbons (Fsp3) is 0.381. The van der Waals surface area contributed by atoms with Crippen LogP contribution in [0.15, 0.2) is 54.6 Å². The monoisotopic (exact) mass is 338 g/mol. The van der Waals surface area contributed by atoms with Crippen LogP contribution in [0.2, 0.25) is 0 Å². The van der Waals surface area contributed by atoms with Gasteiger partial charge in [0.1, 0.15) is 5.75 Å². The van der Waals surface area contributed by atoms with Crippen LogP contribution >= 0.6 is 0 Å². The quantitative estimate of drug-likeness (QED) is 0.897. The van der Waals surface area contributed by atoms with E-state index in [1.165, 1.54) is 5.56 Å². The van der Waals surface area contributed by atoms with Gasteiger partial charge in [-0.3, -0.25) is 9.69 Å². The molecule has 2 aromatic carbocycles. The Kier molecular flexibility index (Phi) is 5.39. The van der Waals surface area contributed by atoms with Gasteiger partial charge in [0.05, 0.1) is 6.54 Å². The third-order valence-electron chi connectivity index (χ3n) is 4.80. The van der Waals surface area contributed by atoms with Crippen molar-refractivity contribution in [2.45, 2.75) is 38.8 Å². The summed E-state index contributed by atoms with van der Waals surface area (Å²) in [7, 11) is 0. The van der Waals surface area contributed by atoms with E-state index in [2.05, 4.69) is 4.90 Å². The first-order chi connectivity index (χ1) is 12.1. The van der Waals surface area contributed by atoms with Crippen LogP contribution in [0.5, 0.6) is 5.75 Å². The molecule has 0 aliphatic carbocycles. The van der Waals surface area contributed by atoms with Crippen molar-refractivity contribution in [1.82, 2.24) is 4.90 Å². The molecule has 1 aliphatic heterocycles. The van der Waals surface area contributed by atoms with Crippen LogP contribution < -0.4 is 4.90 Å². The molecule has 1 unspecified atom stereocenters. The number of anilines is 1. The van der Waals surface area contributed by atoms with E-state index in [4.69, 9.17) is 0 Å². The van der Waals surface area contributed by atoms with Gasteiger partial charge in [-0.05, 0) is 63.1 Å². The fourth-order valence-corrected chi connectivity index (χ4v) is 3.66. The number of benzene rings is 2. The number of likely N-dealkylation sites (tertiary alicyclic amines) is 1. The largest absolute Gasteiger partial charge is 0.508 e. The summed E-state index contributed by atoms with van der Waals surface area (Å²) < 4.78 is 0. The molecule has 4 heteroatoms. The predicted molar refractivity (Wildman–Crippen MR) is 101 cm³/mol. The van der Waals surface area contributed by atoms with E-state index in [0.29, 0.717) is 6.54 Å². The van der Waals surface area contributed by atoms with Crippen LogP contribution in [0.1, 0.15) is 38.3 Å². The number of phenols is 1. The van der Waals surface area contributed by atoms with Crippen LogP contribution in [-0.2, 0) is 4.79 Å². The third-order valence-corrected chi connectivity index (χ3v) is 4.80. The van der Waals surface area contributed by atoms with Crippen molar-refractivity contribution in [3.8, 4) is 5.75 Å². The normalized spacial score (nSPS) is 17.8. The number of hydrogen-bond donors (Lipinski definition) is 1. The molecule has 1 saturated heterocycles. The Balaban J connectivity index is 1.75. The second-order valence-electron chi connectivity index (χ2n) is 6.91. The van der Waals surface area contributed by atoms with Crippen LogP contribution in [0.3, 0.4) is 0 Å². The summed E-state index contributed by atoms with van der Waals surface area (Å²) in [5.41, 5.74) is 2.11. The molecule has 3 rings (SSSR count). The molecule has 1 atom stereocenters. The van der Waals surface area contributed by atoms with Crippen molar-refractivity contribution < 1.29 is 9.90 Å². The molecule has 1 heterocycles. The molecule has 0 aromatic heterocycles. The molecule has 1 amide bonds. The summed E-state index contributed by atoms with van der Waals surface area (Å²) in [6, 6.07) is 17.6. The highest BCUT2D eigenvalue weighted by atomic mass is 16.3. The number of rotatable bonds is 5. The number of carbonyl (C=O) groups excluding carboxylic acids is 1. The van der Waals surface area contributed by atoms with E-state index in [0.717, 1.165) is 25.1 Å². The zero-order chi connectivity index (χ0) is 17.8. The second-order valence-corrected chi connectivity index (χ2v) is 6.91. The maximum Gasteiger partial charge on any atom is 0.241 e. The Labute approximate surface area is 149 Å². The van der Waals surface area contributed by atoms with Gasteiger partial charge in [-0.25, -0.2) is 0 Å². The van der Waals surface area contributed by atoms with Gasteiger partial charge in [0.2, 0.25) is 5.91 Å². The highest BCUT2D eigenvalue weighted by molar-refractivity contribution is 5.95. The molecule has 0 bridgehead atoms. The van der Waals surface area contributed by atoms with Crippen LogP contribution in [0, 0.1) is 0 Å². The minimum atomic E-state index is 0.115. The minimum absolute atomic E-state index is 0.115. The number of amides is 1. The lowest BCUT2D eigenvalue weighted by molar-refractivity contribution is -0.120. The number of hydrogen-bond acceptors (Lipinski definition) is 3. The van der Waals surface area contributed by atoms with Gasteiger partial charge >= 0.3 is 0 Å². The zero-order valence-electron chi connectivity index (χ0n) is 14.9. The lowest BCUT2D eigenvalue weighted by atomic mass is 10.0. The van der Waals surface area contributed by atoms with E-state index >= 15 is 0 Å². The fourth-order valence-electron chi connectivity index (χ4n) is 3.66. The number of nitrogens with zero attached hydrogens (tertiary/aromatic N) is 2. The van der Waals surface area contributed by atoms with Gasteiger partial charge in [0, 0.05) is 17.8 Å². The Hall–Kier alpha value is -2.33. The Morgan fingerprint density at radius 2 is 1.84 bits per heavy atom. The highest BCUT2D eigenvalue weighted by Gasteiger charge is 2.30. The Bertz CT molecular complexity index is 698. The molecule has 0 spiro atoms. The average Bonchev–Trinajstić information content (AvgIpc) is 3.04. The summed E-state index contributed by atoms with van der Waals surface area (Å²) >= 11 is 0. The predicted octanol–water partition coefficient (Wildman–Crippen LogP) is 3.97. The van der Waals surface area contributed by atoms with Crippen molar-refractivity contribution in [2.24, 2.45) is 0 Å². The molecule has 1 aliphatic rings. The summed E-state index contributed by atoms with van der Waals surface area (Å²) in [6.07, 6.45) is 2.14. The summed E-state index contributed by atoms with van der Waals surface area (Å²) in [4.78, 5) is 17.2. The maximum absolute atomic E-state index is 13.0. The Morgan fingerprint density at radius 3 is 2.48 bits per heavy atom. The van der Waals surface area contributed by atoms with Gasteiger partial charge in [0.25, 0.3) is 0 Å². The van der Waals surface area contributed by atoms with Crippen molar-refractivity contribution in [3.63, 3.8) is 0 Å². The zero-order valence-corrected chi connectivity index (χ0v) is 14.9. The van der Waals surface area contributed by atoms with Gasteiger partial charge in [-0.15, -0.1) is 0 Å². The first kappa shape index (κ1) is 17.5. The van der Waals surface area contributed by atoms with Gasteiger partial charge in [-0.1, -0.05) is 30.3 Å². The van der Waals surface area contributed by atoms with Crippen molar-refractivity contribution in [2.75, 3.05) is 18.0 Å². The van der Waals surface area contributed by atoms with Crippen LogP contribution in [0.4, 0.5) is 5.69 Å². The highest BCUT2D eigenvalue weighted by Crippen LogP contribution is 2.32. The van der Waals surface area contributed by atoms with E-state index < -0.39 is 0 Å². The van der Waals surface area contributed by atoms with Crippen LogP contribution in [0.25, 0.3) is 0 Å².